The summed E-state index contributed by atoms with van der Waals surface area (Å²) in [6.07, 6.45) is 8.11. The van der Waals surface area contributed by atoms with Crippen molar-refractivity contribution < 1.29 is 19.1 Å². The molecule has 3 aliphatic rings. The van der Waals surface area contributed by atoms with Gasteiger partial charge in [0.2, 0.25) is 5.91 Å². The number of hydrogen-bond acceptors (Lipinski definition) is 8. The van der Waals surface area contributed by atoms with E-state index < -0.39 is 0 Å². The van der Waals surface area contributed by atoms with Crippen molar-refractivity contribution in [3.63, 3.8) is 0 Å². The molecule has 254 valence electrons. The second kappa shape index (κ2) is 12.3. The highest BCUT2D eigenvalue weighted by Gasteiger charge is 2.48. The zero-order valence-corrected chi connectivity index (χ0v) is 28.3. The summed E-state index contributed by atoms with van der Waals surface area (Å²) in [5.41, 5.74) is 6.60. The van der Waals surface area contributed by atoms with E-state index in [1.54, 1.807) is 50.2 Å². The van der Waals surface area contributed by atoms with Crippen LogP contribution in [0.2, 0.25) is 0 Å². The monoisotopic (exact) mass is 670 g/mol. The van der Waals surface area contributed by atoms with E-state index in [4.69, 9.17) is 4.74 Å². The van der Waals surface area contributed by atoms with Gasteiger partial charge in [-0.25, -0.2) is 14.5 Å². The fraction of sp³-hybridized carbons (Fsp3) is 0.316. The van der Waals surface area contributed by atoms with Crippen molar-refractivity contribution in [3.8, 4) is 16.9 Å². The molecule has 1 spiro atoms. The van der Waals surface area contributed by atoms with Crippen LogP contribution in [0.3, 0.4) is 0 Å². The second-order valence-corrected chi connectivity index (χ2v) is 13.6. The average Bonchev–Trinajstić information content (AvgIpc) is 4.06. The van der Waals surface area contributed by atoms with E-state index >= 15 is 0 Å². The maximum absolute atomic E-state index is 14.1. The summed E-state index contributed by atoms with van der Waals surface area (Å²) in [5.74, 6) is 0.901. The number of imidazole rings is 1. The van der Waals surface area contributed by atoms with Gasteiger partial charge >= 0.3 is 0 Å². The summed E-state index contributed by atoms with van der Waals surface area (Å²) < 4.78 is 7.67. The van der Waals surface area contributed by atoms with Crippen LogP contribution in [0.25, 0.3) is 16.8 Å². The number of benzene rings is 2. The van der Waals surface area contributed by atoms with Crippen molar-refractivity contribution in [1.82, 2.24) is 29.4 Å². The van der Waals surface area contributed by atoms with Gasteiger partial charge in [-0.3, -0.25) is 14.4 Å². The lowest BCUT2D eigenvalue weighted by molar-refractivity contribution is -0.117. The Kier molecular flexibility index (Phi) is 7.73. The van der Waals surface area contributed by atoms with Crippen molar-refractivity contribution in [1.29, 1.82) is 0 Å². The smallest absolute Gasteiger partial charge is 0.271 e. The molecule has 2 aromatic carbocycles. The van der Waals surface area contributed by atoms with Gasteiger partial charge in [0.25, 0.3) is 11.8 Å². The molecule has 0 bridgehead atoms. The Morgan fingerprint density at radius 3 is 2.58 bits per heavy atom. The molecule has 2 saturated carbocycles. The van der Waals surface area contributed by atoms with Crippen LogP contribution in [0.1, 0.15) is 64.2 Å². The summed E-state index contributed by atoms with van der Waals surface area (Å²) in [7, 11) is 5.04. The molecule has 0 atom stereocenters. The van der Waals surface area contributed by atoms with Crippen LogP contribution in [0.4, 0.5) is 17.2 Å². The van der Waals surface area contributed by atoms with Gasteiger partial charge in [-0.2, -0.15) is 0 Å². The Labute approximate surface area is 289 Å². The van der Waals surface area contributed by atoms with Gasteiger partial charge in [0.05, 0.1) is 30.7 Å². The van der Waals surface area contributed by atoms with Crippen LogP contribution in [0.15, 0.2) is 73.1 Å². The third kappa shape index (κ3) is 5.80. The standard InChI is InChI=1S/C38H38N8O4/c1-44(2)37(49)30-9-4-6-25(40-30)22-45-18-16-38(14-15-38)28-20-24(12-13-27(28)36(45)48)26-7-5-8-29(33(26)50-3)41-31-21-32(42-35(47)23-10-11-23)43-46-19-17-39-34(31)46/h4-9,12-13,17,19-21,23,41H,10-11,14-16,18,22H2,1-3H3,(H,42,43,47). The normalized spacial score (nSPS) is 16.1. The highest BCUT2D eigenvalue weighted by Crippen LogP contribution is 2.54. The molecule has 0 radical (unpaired) electrons. The molecule has 1 aliphatic heterocycles. The maximum atomic E-state index is 14.1. The summed E-state index contributed by atoms with van der Waals surface area (Å²) in [4.78, 5) is 51.5. The number of aromatic nitrogens is 4. The third-order valence-electron chi connectivity index (χ3n) is 9.97. The number of nitrogens with zero attached hydrogens (tertiary/aromatic N) is 6. The first-order chi connectivity index (χ1) is 24.2. The van der Waals surface area contributed by atoms with E-state index in [1.165, 1.54) is 4.90 Å². The largest absolute Gasteiger partial charge is 0.494 e. The summed E-state index contributed by atoms with van der Waals surface area (Å²) in [6, 6.07) is 19.2. The number of nitrogens with one attached hydrogen (secondary N) is 2. The van der Waals surface area contributed by atoms with Crippen LogP contribution in [0.5, 0.6) is 5.75 Å². The van der Waals surface area contributed by atoms with E-state index in [2.05, 4.69) is 31.8 Å². The summed E-state index contributed by atoms with van der Waals surface area (Å²) in [5, 5.41) is 10.9. The van der Waals surface area contributed by atoms with E-state index in [9.17, 15) is 14.4 Å². The van der Waals surface area contributed by atoms with Crippen molar-refractivity contribution >= 4 is 40.6 Å². The number of pyridine rings is 1. The number of methoxy groups -OCH3 is 1. The third-order valence-corrected chi connectivity index (χ3v) is 9.97. The first-order valence-electron chi connectivity index (χ1n) is 16.9. The number of hydrogen-bond donors (Lipinski definition) is 2. The number of amides is 3. The van der Waals surface area contributed by atoms with Crippen LogP contribution in [-0.4, -0.2) is 74.9 Å². The highest BCUT2D eigenvalue weighted by atomic mass is 16.5. The van der Waals surface area contributed by atoms with Crippen molar-refractivity contribution in [2.24, 2.45) is 5.92 Å². The van der Waals surface area contributed by atoms with Gasteiger partial charge < -0.3 is 25.2 Å². The van der Waals surface area contributed by atoms with Crippen LogP contribution < -0.4 is 15.4 Å². The first kappa shape index (κ1) is 31.5. The Morgan fingerprint density at radius 2 is 1.82 bits per heavy atom. The predicted molar refractivity (Wildman–Crippen MR) is 189 cm³/mol. The topological polar surface area (TPSA) is 134 Å². The van der Waals surface area contributed by atoms with Gasteiger partial charge in [0.1, 0.15) is 11.4 Å². The van der Waals surface area contributed by atoms with Gasteiger partial charge in [-0.15, -0.1) is 5.10 Å². The number of rotatable bonds is 9. The minimum absolute atomic E-state index is 0.0249. The zero-order chi connectivity index (χ0) is 34.6. The maximum Gasteiger partial charge on any atom is 0.271 e. The molecule has 0 unspecified atom stereocenters. The summed E-state index contributed by atoms with van der Waals surface area (Å²) in [6.45, 7) is 0.938. The molecule has 8 rings (SSSR count). The second-order valence-electron chi connectivity index (χ2n) is 13.6. The lowest BCUT2D eigenvalue weighted by Gasteiger charge is -2.21. The predicted octanol–water partition coefficient (Wildman–Crippen LogP) is 5.67. The molecule has 0 saturated heterocycles. The average molecular weight is 671 g/mol. The fourth-order valence-corrected chi connectivity index (χ4v) is 6.90. The Bertz CT molecular complexity index is 2170. The van der Waals surface area contributed by atoms with Gasteiger partial charge in [0, 0.05) is 56.1 Å². The van der Waals surface area contributed by atoms with Crippen molar-refractivity contribution in [2.45, 2.75) is 44.1 Å². The lowest BCUT2D eigenvalue weighted by Crippen LogP contribution is -2.31. The number of carbonyl (C=O) groups is 3. The molecule has 5 aromatic rings. The molecule has 12 nitrogen and oxygen atoms in total. The Balaban J connectivity index is 1.10. The first-order valence-corrected chi connectivity index (χ1v) is 16.9. The fourth-order valence-electron chi connectivity index (χ4n) is 6.90. The molecular weight excluding hydrogens is 632 g/mol. The molecule has 3 amide bonds. The van der Waals surface area contributed by atoms with Gasteiger partial charge in [-0.1, -0.05) is 24.3 Å². The molecular formula is C38H38N8O4. The highest BCUT2D eigenvalue weighted by molar-refractivity contribution is 5.98. The van der Waals surface area contributed by atoms with Crippen LogP contribution >= 0.6 is 0 Å². The molecule has 3 aromatic heterocycles. The number of fused-ring (bicyclic) bond motifs is 3. The van der Waals surface area contributed by atoms with Crippen LogP contribution in [-0.2, 0) is 16.8 Å². The Hall–Kier alpha value is -5.78. The minimum Gasteiger partial charge on any atom is -0.494 e. The molecule has 2 N–H and O–H groups in total. The van der Waals surface area contributed by atoms with Crippen molar-refractivity contribution in [2.75, 3.05) is 38.4 Å². The number of para-hydroxylation sites is 1. The summed E-state index contributed by atoms with van der Waals surface area (Å²) >= 11 is 0. The number of anilines is 3. The molecule has 12 heteroatoms. The Morgan fingerprint density at radius 1 is 1.00 bits per heavy atom. The molecule has 50 heavy (non-hydrogen) atoms. The molecule has 2 fully saturated rings. The quantitative estimate of drug-likeness (QED) is 0.205. The number of ether oxygens (including phenoxy) is 1. The molecule has 2 aliphatic carbocycles. The van der Waals surface area contributed by atoms with E-state index in [1.807, 2.05) is 47.4 Å². The van der Waals surface area contributed by atoms with Gasteiger partial charge in [-0.05, 0) is 79.0 Å². The lowest BCUT2D eigenvalue weighted by atomic mass is 9.87. The SMILES string of the molecule is COc1c(Nc2cc(NC(=O)C3CC3)nn3ccnc23)cccc1-c1ccc2c(c1)C1(CCN(Cc3cccc(C(=O)N(C)C)n3)C2=O)CC1. The molecule has 4 heterocycles. The van der Waals surface area contributed by atoms with Gasteiger partial charge in [0.15, 0.2) is 11.5 Å². The van der Waals surface area contributed by atoms with Crippen molar-refractivity contribution in [3.05, 3.63) is 95.6 Å². The van der Waals surface area contributed by atoms with E-state index in [0.29, 0.717) is 52.9 Å². The number of carbonyl (C=O) groups excluding carboxylic acids is 3. The minimum atomic E-state index is -0.170. The van der Waals surface area contributed by atoms with E-state index in [0.717, 1.165) is 54.5 Å². The zero-order valence-electron chi connectivity index (χ0n) is 28.3. The van der Waals surface area contributed by atoms with Crippen LogP contribution in [0, 0.1) is 5.92 Å². The van der Waals surface area contributed by atoms with E-state index in [-0.39, 0.29) is 29.1 Å².